The van der Waals surface area contributed by atoms with E-state index in [1.807, 2.05) is 6.08 Å². The molecule has 0 radical (unpaired) electrons. The van der Waals surface area contributed by atoms with Crippen molar-refractivity contribution in [2.75, 3.05) is 7.11 Å². The number of carbonyl (C=O) groups is 2. The van der Waals surface area contributed by atoms with Crippen molar-refractivity contribution in [3.63, 3.8) is 0 Å². The third kappa shape index (κ3) is 4.19. The third-order valence-corrected chi connectivity index (χ3v) is 3.23. The molecule has 0 spiro atoms. The van der Waals surface area contributed by atoms with Gasteiger partial charge in [-0.25, -0.2) is 0 Å². The maximum Gasteiger partial charge on any atom is 0.228 e. The van der Waals surface area contributed by atoms with E-state index < -0.39 is 0 Å². The molecule has 0 aromatic carbocycles. The molecule has 1 aliphatic carbocycles. The Hall–Kier alpha value is -1.64. The van der Waals surface area contributed by atoms with Crippen LogP contribution in [0.1, 0.15) is 46.0 Å². The highest BCUT2D eigenvalue weighted by Gasteiger charge is 2.24. The zero-order chi connectivity index (χ0) is 14.3. The lowest BCUT2D eigenvalue weighted by Crippen LogP contribution is -2.18. The zero-order valence-electron chi connectivity index (χ0n) is 12.0. The van der Waals surface area contributed by atoms with E-state index in [0.717, 1.165) is 12.8 Å². The summed E-state index contributed by atoms with van der Waals surface area (Å²) >= 11 is 0. The average Bonchev–Trinajstić information content (AvgIpc) is 2.41. The van der Waals surface area contributed by atoms with Crippen LogP contribution < -0.4 is 0 Å². The van der Waals surface area contributed by atoms with Gasteiger partial charge in [-0.1, -0.05) is 38.3 Å². The summed E-state index contributed by atoms with van der Waals surface area (Å²) in [4.78, 5) is 23.7. The summed E-state index contributed by atoms with van der Waals surface area (Å²) in [5.74, 6) is -0.229. The molecule has 19 heavy (non-hydrogen) atoms. The van der Waals surface area contributed by atoms with Crippen LogP contribution in [0.25, 0.3) is 0 Å². The number of allylic oxidation sites excluding steroid dienone is 5. The van der Waals surface area contributed by atoms with Crippen LogP contribution in [-0.2, 0) is 14.3 Å². The van der Waals surface area contributed by atoms with Gasteiger partial charge in [-0.05, 0) is 19.8 Å². The first-order valence-electron chi connectivity index (χ1n) is 6.84. The first-order valence-corrected chi connectivity index (χ1v) is 6.84. The molecule has 0 heterocycles. The van der Waals surface area contributed by atoms with Crippen molar-refractivity contribution in [3.05, 3.63) is 35.1 Å². The van der Waals surface area contributed by atoms with Crippen molar-refractivity contribution in [1.82, 2.24) is 0 Å². The van der Waals surface area contributed by atoms with Gasteiger partial charge in [-0.15, -0.1) is 0 Å². The second kappa shape index (κ2) is 7.72. The van der Waals surface area contributed by atoms with Crippen LogP contribution in [0, 0.1) is 0 Å². The van der Waals surface area contributed by atoms with Gasteiger partial charge >= 0.3 is 0 Å². The number of hydrogen-bond acceptors (Lipinski definition) is 3. The predicted octanol–water partition coefficient (Wildman–Crippen LogP) is 3.51. The topological polar surface area (TPSA) is 43.4 Å². The van der Waals surface area contributed by atoms with Crippen LogP contribution in [-0.4, -0.2) is 18.7 Å². The lowest BCUT2D eigenvalue weighted by Gasteiger charge is -2.13. The summed E-state index contributed by atoms with van der Waals surface area (Å²) in [7, 11) is 1.41. The Morgan fingerprint density at radius 1 is 1.21 bits per heavy atom. The van der Waals surface area contributed by atoms with Gasteiger partial charge in [0, 0.05) is 17.2 Å². The Labute approximate surface area is 115 Å². The molecule has 3 heteroatoms. The highest BCUT2D eigenvalue weighted by molar-refractivity contribution is 6.22. The van der Waals surface area contributed by atoms with Gasteiger partial charge in [-0.3, -0.25) is 9.59 Å². The molecule has 0 saturated carbocycles. The van der Waals surface area contributed by atoms with Gasteiger partial charge in [0.2, 0.25) is 5.78 Å². The molecular formula is C16H22O3. The number of unbranched alkanes of at least 4 members (excludes halogenated alkanes) is 4. The number of ether oxygens (including phenoxy) is 1. The van der Waals surface area contributed by atoms with Crippen molar-refractivity contribution in [1.29, 1.82) is 0 Å². The van der Waals surface area contributed by atoms with E-state index in [1.165, 1.54) is 32.4 Å². The Bertz CT molecular complexity index is 439. The van der Waals surface area contributed by atoms with Crippen LogP contribution in [0.3, 0.4) is 0 Å². The van der Waals surface area contributed by atoms with Gasteiger partial charge in [-0.2, -0.15) is 0 Å². The zero-order valence-corrected chi connectivity index (χ0v) is 12.0. The van der Waals surface area contributed by atoms with E-state index in [0.29, 0.717) is 11.1 Å². The number of hydrogen-bond donors (Lipinski definition) is 0. The van der Waals surface area contributed by atoms with Crippen LogP contribution in [0.2, 0.25) is 0 Å². The molecule has 0 atom stereocenters. The maximum absolute atomic E-state index is 12.0. The van der Waals surface area contributed by atoms with Crippen LogP contribution >= 0.6 is 0 Å². The van der Waals surface area contributed by atoms with E-state index in [-0.39, 0.29) is 17.3 Å². The SMILES string of the molecule is CCCCCCC=CC1=C(C)C(=O)C=C(OC)C1=O. The van der Waals surface area contributed by atoms with Crippen molar-refractivity contribution in [2.24, 2.45) is 0 Å². The molecule has 0 N–H and O–H groups in total. The first-order chi connectivity index (χ1) is 9.11. The molecule has 3 nitrogen and oxygen atoms in total. The summed E-state index contributed by atoms with van der Waals surface area (Å²) in [6.07, 6.45) is 10.7. The summed E-state index contributed by atoms with van der Waals surface area (Å²) < 4.78 is 4.93. The van der Waals surface area contributed by atoms with E-state index in [1.54, 1.807) is 13.0 Å². The second-order valence-corrected chi connectivity index (χ2v) is 4.70. The van der Waals surface area contributed by atoms with Gasteiger partial charge in [0.15, 0.2) is 11.5 Å². The minimum atomic E-state index is -0.204. The summed E-state index contributed by atoms with van der Waals surface area (Å²) in [5, 5.41) is 0. The normalized spacial score (nSPS) is 16.3. The second-order valence-electron chi connectivity index (χ2n) is 4.70. The number of Topliss-reactive ketones (excluding diaryl/α,β-unsaturated/α-hetero) is 1. The van der Waals surface area contributed by atoms with Gasteiger partial charge in [0.1, 0.15) is 0 Å². The van der Waals surface area contributed by atoms with Crippen molar-refractivity contribution >= 4 is 11.6 Å². The van der Waals surface area contributed by atoms with E-state index in [4.69, 9.17) is 4.74 Å². The molecule has 0 aromatic rings. The van der Waals surface area contributed by atoms with Crippen LogP contribution in [0.4, 0.5) is 0 Å². The Morgan fingerprint density at radius 3 is 2.58 bits per heavy atom. The smallest absolute Gasteiger partial charge is 0.228 e. The molecule has 0 unspecified atom stereocenters. The number of rotatable bonds is 7. The minimum Gasteiger partial charge on any atom is -0.492 e. The molecule has 0 bridgehead atoms. The molecule has 0 saturated heterocycles. The quantitative estimate of drug-likeness (QED) is 0.521. The van der Waals surface area contributed by atoms with Crippen molar-refractivity contribution in [3.8, 4) is 0 Å². The predicted molar refractivity (Wildman–Crippen MR) is 75.7 cm³/mol. The Morgan fingerprint density at radius 2 is 1.95 bits per heavy atom. The van der Waals surface area contributed by atoms with Crippen molar-refractivity contribution in [2.45, 2.75) is 46.0 Å². The molecule has 0 aromatic heterocycles. The summed E-state index contributed by atoms with van der Waals surface area (Å²) in [5.41, 5.74) is 0.954. The lowest BCUT2D eigenvalue weighted by atomic mass is 9.94. The van der Waals surface area contributed by atoms with Crippen LogP contribution in [0.15, 0.2) is 35.1 Å². The Kier molecular flexibility index (Phi) is 6.26. The molecule has 104 valence electrons. The van der Waals surface area contributed by atoms with Gasteiger partial charge in [0.05, 0.1) is 7.11 Å². The average molecular weight is 262 g/mol. The molecule has 1 rings (SSSR count). The van der Waals surface area contributed by atoms with E-state index >= 15 is 0 Å². The number of ketones is 2. The van der Waals surface area contributed by atoms with Crippen molar-refractivity contribution < 1.29 is 14.3 Å². The largest absolute Gasteiger partial charge is 0.492 e. The molecule has 0 aliphatic heterocycles. The number of carbonyl (C=O) groups excluding carboxylic acids is 2. The van der Waals surface area contributed by atoms with Gasteiger partial charge < -0.3 is 4.74 Å². The molecular weight excluding hydrogens is 240 g/mol. The van der Waals surface area contributed by atoms with E-state index in [9.17, 15) is 9.59 Å². The fourth-order valence-electron chi connectivity index (χ4n) is 1.97. The highest BCUT2D eigenvalue weighted by atomic mass is 16.5. The monoisotopic (exact) mass is 262 g/mol. The van der Waals surface area contributed by atoms with Gasteiger partial charge in [0.25, 0.3) is 0 Å². The summed E-state index contributed by atoms with van der Waals surface area (Å²) in [6.45, 7) is 3.86. The fourth-order valence-corrected chi connectivity index (χ4v) is 1.97. The van der Waals surface area contributed by atoms with E-state index in [2.05, 4.69) is 6.92 Å². The minimum absolute atomic E-state index is 0.126. The molecule has 0 amide bonds. The summed E-state index contributed by atoms with van der Waals surface area (Å²) in [6, 6.07) is 0. The van der Waals surface area contributed by atoms with Crippen LogP contribution in [0.5, 0.6) is 0 Å². The first kappa shape index (κ1) is 15.4. The maximum atomic E-state index is 12.0. The standard InChI is InChI=1S/C16H22O3/c1-4-5-6-7-8-9-10-13-12(2)14(17)11-15(19-3)16(13)18/h9-11H,4-8H2,1-3H3. The highest BCUT2D eigenvalue weighted by Crippen LogP contribution is 2.20. The fraction of sp³-hybridized carbons (Fsp3) is 0.500. The number of methoxy groups -OCH3 is 1. The molecule has 1 aliphatic rings. The Balaban J connectivity index is 2.65. The molecule has 0 fully saturated rings. The lowest BCUT2D eigenvalue weighted by molar-refractivity contribution is -0.117. The third-order valence-electron chi connectivity index (χ3n) is 3.23.